The minimum absolute atomic E-state index is 0.376. The Morgan fingerprint density at radius 2 is 1.89 bits per heavy atom. The molecule has 0 saturated heterocycles. The third kappa shape index (κ3) is 2.70. The molecule has 2 saturated carbocycles. The van der Waals surface area contributed by atoms with E-state index in [9.17, 15) is 8.42 Å². The Labute approximate surface area is 115 Å². The number of hydrogen-bond donors (Lipinski definition) is 1. The normalized spacial score (nSPS) is 29.8. The topological polar surface area (TPSA) is 46.2 Å². The summed E-state index contributed by atoms with van der Waals surface area (Å²) in [5.41, 5.74) is 1.08. The number of sulfonamides is 1. The number of nitrogens with one attached hydrogen (secondary N) is 1. The number of benzene rings is 1. The lowest BCUT2D eigenvalue weighted by molar-refractivity contribution is 0.333. The van der Waals surface area contributed by atoms with Crippen molar-refractivity contribution in [2.75, 3.05) is 6.54 Å². The maximum Gasteiger partial charge on any atom is 0.240 e. The van der Waals surface area contributed by atoms with Gasteiger partial charge in [-0.1, -0.05) is 24.1 Å². The van der Waals surface area contributed by atoms with Crippen LogP contribution in [-0.2, 0) is 10.0 Å². The predicted octanol–water partition coefficient (Wildman–Crippen LogP) is 2.71. The van der Waals surface area contributed by atoms with Crippen molar-refractivity contribution in [3.63, 3.8) is 0 Å². The highest BCUT2D eigenvalue weighted by molar-refractivity contribution is 7.89. The van der Waals surface area contributed by atoms with E-state index in [1.807, 2.05) is 19.1 Å². The summed E-state index contributed by atoms with van der Waals surface area (Å²) in [6.45, 7) is 2.57. The lowest BCUT2D eigenvalue weighted by atomic mass is 9.89. The van der Waals surface area contributed by atoms with E-state index in [1.54, 1.807) is 12.1 Å². The quantitative estimate of drug-likeness (QED) is 0.921. The first-order chi connectivity index (χ1) is 9.04. The minimum Gasteiger partial charge on any atom is -0.211 e. The van der Waals surface area contributed by atoms with E-state index in [0.717, 1.165) is 17.4 Å². The van der Waals surface area contributed by atoms with Gasteiger partial charge in [0, 0.05) is 6.54 Å². The molecule has 0 aromatic heterocycles. The van der Waals surface area contributed by atoms with Gasteiger partial charge in [-0.15, -0.1) is 0 Å². The first kappa shape index (κ1) is 13.1. The molecule has 1 aromatic rings. The lowest BCUT2D eigenvalue weighted by Gasteiger charge is -2.21. The van der Waals surface area contributed by atoms with Crippen LogP contribution in [0.1, 0.15) is 31.2 Å². The lowest BCUT2D eigenvalue weighted by Crippen LogP contribution is -2.31. The maximum absolute atomic E-state index is 12.2. The fourth-order valence-corrected chi connectivity index (χ4v) is 4.74. The molecule has 2 aliphatic rings. The van der Waals surface area contributed by atoms with Crippen LogP contribution >= 0.6 is 0 Å². The van der Waals surface area contributed by atoms with Gasteiger partial charge in [0.15, 0.2) is 0 Å². The van der Waals surface area contributed by atoms with Gasteiger partial charge < -0.3 is 0 Å². The summed E-state index contributed by atoms with van der Waals surface area (Å²) in [5, 5.41) is 0. The number of aryl methyl sites for hydroxylation is 1. The SMILES string of the molecule is Cc1ccc(S(=O)(=O)NC[C@@H]2C[C@@H]3CC[C@@H]2C3)cc1. The van der Waals surface area contributed by atoms with Crippen molar-refractivity contribution in [2.45, 2.75) is 37.5 Å². The van der Waals surface area contributed by atoms with Gasteiger partial charge in [-0.05, 0) is 56.1 Å². The van der Waals surface area contributed by atoms with Gasteiger partial charge in [-0.25, -0.2) is 13.1 Å². The second kappa shape index (κ2) is 4.91. The molecule has 0 radical (unpaired) electrons. The molecule has 0 aliphatic heterocycles. The third-order valence-corrected chi connectivity index (χ3v) is 6.19. The Kier molecular flexibility index (Phi) is 3.39. The molecule has 0 unspecified atom stereocenters. The summed E-state index contributed by atoms with van der Waals surface area (Å²) in [4.78, 5) is 0.376. The molecular formula is C15H21NO2S. The van der Waals surface area contributed by atoms with Crippen molar-refractivity contribution in [2.24, 2.45) is 17.8 Å². The summed E-state index contributed by atoms with van der Waals surface area (Å²) in [6, 6.07) is 7.04. The van der Waals surface area contributed by atoms with Crippen LogP contribution < -0.4 is 4.72 Å². The Hall–Kier alpha value is -0.870. The number of fused-ring (bicyclic) bond motifs is 2. The molecule has 3 atom stereocenters. The first-order valence-electron chi connectivity index (χ1n) is 7.11. The average molecular weight is 279 g/mol. The fraction of sp³-hybridized carbons (Fsp3) is 0.600. The van der Waals surface area contributed by atoms with Gasteiger partial charge in [0.2, 0.25) is 10.0 Å². The van der Waals surface area contributed by atoms with Gasteiger partial charge in [-0.3, -0.25) is 0 Å². The molecular weight excluding hydrogens is 258 g/mol. The highest BCUT2D eigenvalue weighted by atomic mass is 32.2. The van der Waals surface area contributed by atoms with Crippen LogP contribution in [0.15, 0.2) is 29.2 Å². The summed E-state index contributed by atoms with van der Waals surface area (Å²) in [6.07, 6.45) is 5.17. The summed E-state index contributed by atoms with van der Waals surface area (Å²) in [7, 11) is -3.33. The van der Waals surface area contributed by atoms with Crippen molar-refractivity contribution in [1.82, 2.24) is 4.72 Å². The van der Waals surface area contributed by atoms with Crippen LogP contribution in [0.5, 0.6) is 0 Å². The molecule has 0 amide bonds. The maximum atomic E-state index is 12.2. The van der Waals surface area contributed by atoms with E-state index in [2.05, 4.69) is 4.72 Å². The van der Waals surface area contributed by atoms with Gasteiger partial charge >= 0.3 is 0 Å². The molecule has 1 aromatic carbocycles. The fourth-order valence-electron chi connectivity index (χ4n) is 3.64. The number of hydrogen-bond acceptors (Lipinski definition) is 2. The van der Waals surface area contributed by atoms with Gasteiger partial charge in [0.05, 0.1) is 4.90 Å². The zero-order valence-electron chi connectivity index (χ0n) is 11.3. The molecule has 4 heteroatoms. The van der Waals surface area contributed by atoms with E-state index in [4.69, 9.17) is 0 Å². The largest absolute Gasteiger partial charge is 0.240 e. The van der Waals surface area contributed by atoms with Crippen LogP contribution in [0.4, 0.5) is 0 Å². The van der Waals surface area contributed by atoms with Crippen LogP contribution in [0.3, 0.4) is 0 Å². The second-order valence-corrected chi connectivity index (χ2v) is 7.87. The Bertz CT molecular complexity index is 550. The predicted molar refractivity (Wildman–Crippen MR) is 75.3 cm³/mol. The molecule has 3 nitrogen and oxygen atoms in total. The van der Waals surface area contributed by atoms with E-state index >= 15 is 0 Å². The van der Waals surface area contributed by atoms with Crippen LogP contribution in [0.2, 0.25) is 0 Å². The first-order valence-corrected chi connectivity index (χ1v) is 8.59. The van der Waals surface area contributed by atoms with E-state index in [1.165, 1.54) is 25.7 Å². The molecule has 2 bridgehead atoms. The molecule has 3 rings (SSSR count). The van der Waals surface area contributed by atoms with Crippen molar-refractivity contribution in [3.05, 3.63) is 29.8 Å². The monoisotopic (exact) mass is 279 g/mol. The molecule has 2 aliphatic carbocycles. The van der Waals surface area contributed by atoms with Crippen molar-refractivity contribution < 1.29 is 8.42 Å². The van der Waals surface area contributed by atoms with Crippen molar-refractivity contribution in [1.29, 1.82) is 0 Å². The highest BCUT2D eigenvalue weighted by Gasteiger charge is 2.39. The molecule has 0 spiro atoms. The van der Waals surface area contributed by atoms with Gasteiger partial charge in [0.25, 0.3) is 0 Å². The zero-order chi connectivity index (χ0) is 13.5. The summed E-state index contributed by atoms with van der Waals surface area (Å²) in [5.74, 6) is 2.17. The van der Waals surface area contributed by atoms with Crippen LogP contribution in [0.25, 0.3) is 0 Å². The van der Waals surface area contributed by atoms with Gasteiger partial charge in [0.1, 0.15) is 0 Å². The standard InChI is InChI=1S/C15H21NO2S/c1-11-2-6-15(7-3-11)19(17,18)16-10-14-9-12-4-5-13(14)8-12/h2-3,6-7,12-14,16H,4-5,8-10H2,1H3/t12-,13-,14+/m1/s1. The van der Waals surface area contributed by atoms with Gasteiger partial charge in [-0.2, -0.15) is 0 Å². The Morgan fingerprint density at radius 1 is 1.16 bits per heavy atom. The van der Waals surface area contributed by atoms with E-state index in [-0.39, 0.29) is 0 Å². The van der Waals surface area contributed by atoms with Crippen LogP contribution in [0, 0.1) is 24.7 Å². The summed E-state index contributed by atoms with van der Waals surface area (Å²) < 4.78 is 27.2. The molecule has 0 heterocycles. The molecule has 1 N–H and O–H groups in total. The highest BCUT2D eigenvalue weighted by Crippen LogP contribution is 2.48. The zero-order valence-corrected chi connectivity index (χ0v) is 12.1. The van der Waals surface area contributed by atoms with Crippen molar-refractivity contribution >= 4 is 10.0 Å². The Morgan fingerprint density at radius 3 is 2.47 bits per heavy atom. The van der Waals surface area contributed by atoms with E-state index < -0.39 is 10.0 Å². The molecule has 104 valence electrons. The van der Waals surface area contributed by atoms with E-state index in [0.29, 0.717) is 17.4 Å². The van der Waals surface area contributed by atoms with Crippen LogP contribution in [-0.4, -0.2) is 15.0 Å². The third-order valence-electron chi connectivity index (χ3n) is 4.75. The number of rotatable bonds is 4. The molecule has 19 heavy (non-hydrogen) atoms. The average Bonchev–Trinajstić information content (AvgIpc) is 2.99. The molecule has 2 fully saturated rings. The van der Waals surface area contributed by atoms with Crippen molar-refractivity contribution in [3.8, 4) is 0 Å². The smallest absolute Gasteiger partial charge is 0.211 e. The Balaban J connectivity index is 1.64. The summed E-state index contributed by atoms with van der Waals surface area (Å²) >= 11 is 0. The second-order valence-electron chi connectivity index (χ2n) is 6.10. The minimum atomic E-state index is -3.33.